The summed E-state index contributed by atoms with van der Waals surface area (Å²) in [6, 6.07) is 16.5. The number of ether oxygens (including phenoxy) is 1. The molecule has 0 atom stereocenters. The van der Waals surface area contributed by atoms with Gasteiger partial charge < -0.3 is 4.74 Å². The van der Waals surface area contributed by atoms with Crippen LogP contribution in [0, 0.1) is 11.3 Å². The van der Waals surface area contributed by atoms with Gasteiger partial charge in [0.1, 0.15) is 5.75 Å². The highest BCUT2D eigenvalue weighted by Gasteiger charge is 2.01. The van der Waals surface area contributed by atoms with E-state index in [1.54, 1.807) is 30.5 Å². The zero-order valence-electron chi connectivity index (χ0n) is 12.8. The predicted octanol–water partition coefficient (Wildman–Crippen LogP) is 2.65. The first kappa shape index (κ1) is 16.2. The van der Waals surface area contributed by atoms with E-state index in [-0.39, 0.29) is 12.5 Å². The third-order valence-corrected chi connectivity index (χ3v) is 3.14. The molecule has 0 fully saturated rings. The minimum Gasteiger partial charge on any atom is -0.484 e. The molecule has 5 heteroatoms. The van der Waals surface area contributed by atoms with Gasteiger partial charge in [0.2, 0.25) is 0 Å². The van der Waals surface area contributed by atoms with Crippen molar-refractivity contribution in [3.05, 3.63) is 65.2 Å². The molecule has 2 rings (SSSR count). The molecule has 0 spiro atoms. The van der Waals surface area contributed by atoms with E-state index in [9.17, 15) is 4.79 Å². The number of nitriles is 1. The molecule has 116 valence electrons. The molecule has 2 aromatic rings. The topological polar surface area (TPSA) is 74.5 Å². The van der Waals surface area contributed by atoms with Crippen LogP contribution in [0.3, 0.4) is 0 Å². The SMILES string of the molecule is CCc1ccc(/C=N\NC(=O)COc2ccc(C#N)cc2)cc1. The van der Waals surface area contributed by atoms with Crippen molar-refractivity contribution in [2.24, 2.45) is 5.10 Å². The van der Waals surface area contributed by atoms with E-state index in [0.29, 0.717) is 11.3 Å². The maximum absolute atomic E-state index is 11.6. The van der Waals surface area contributed by atoms with Crippen molar-refractivity contribution >= 4 is 12.1 Å². The highest BCUT2D eigenvalue weighted by Crippen LogP contribution is 2.11. The summed E-state index contributed by atoms with van der Waals surface area (Å²) >= 11 is 0. The van der Waals surface area contributed by atoms with Crippen LogP contribution in [-0.4, -0.2) is 18.7 Å². The first-order valence-electron chi connectivity index (χ1n) is 7.25. The van der Waals surface area contributed by atoms with Gasteiger partial charge in [-0.1, -0.05) is 31.2 Å². The summed E-state index contributed by atoms with van der Waals surface area (Å²) in [5.41, 5.74) is 5.11. The van der Waals surface area contributed by atoms with Gasteiger partial charge in [0, 0.05) is 0 Å². The first-order chi connectivity index (χ1) is 11.2. The van der Waals surface area contributed by atoms with Gasteiger partial charge in [-0.25, -0.2) is 5.43 Å². The number of amides is 1. The highest BCUT2D eigenvalue weighted by molar-refractivity contribution is 5.82. The van der Waals surface area contributed by atoms with E-state index in [1.165, 1.54) is 5.56 Å². The molecule has 23 heavy (non-hydrogen) atoms. The molecule has 1 amide bonds. The molecule has 0 heterocycles. The Morgan fingerprint density at radius 3 is 2.52 bits per heavy atom. The van der Waals surface area contributed by atoms with Crippen molar-refractivity contribution in [2.75, 3.05) is 6.61 Å². The lowest BCUT2D eigenvalue weighted by atomic mass is 10.1. The quantitative estimate of drug-likeness (QED) is 0.658. The zero-order valence-corrected chi connectivity index (χ0v) is 12.8. The Bertz CT molecular complexity index is 713. The van der Waals surface area contributed by atoms with E-state index in [2.05, 4.69) is 17.5 Å². The molecule has 0 unspecified atom stereocenters. The molecule has 0 saturated carbocycles. The maximum atomic E-state index is 11.6. The van der Waals surface area contributed by atoms with Crippen LogP contribution in [0.4, 0.5) is 0 Å². The number of aryl methyl sites for hydroxylation is 1. The molecule has 0 saturated heterocycles. The number of hydrogen-bond donors (Lipinski definition) is 1. The number of benzene rings is 2. The highest BCUT2D eigenvalue weighted by atomic mass is 16.5. The smallest absolute Gasteiger partial charge is 0.277 e. The predicted molar refractivity (Wildman–Crippen MR) is 88.2 cm³/mol. The van der Waals surface area contributed by atoms with Crippen molar-refractivity contribution < 1.29 is 9.53 Å². The Kier molecular flexibility index (Phi) is 5.89. The van der Waals surface area contributed by atoms with Gasteiger partial charge in [-0.05, 0) is 41.8 Å². The Morgan fingerprint density at radius 2 is 1.91 bits per heavy atom. The van der Waals surface area contributed by atoms with Gasteiger partial charge in [0.15, 0.2) is 6.61 Å². The van der Waals surface area contributed by atoms with Crippen molar-refractivity contribution in [3.63, 3.8) is 0 Å². The number of nitrogens with one attached hydrogen (secondary N) is 1. The minimum atomic E-state index is -0.351. The molecule has 0 aliphatic rings. The summed E-state index contributed by atoms with van der Waals surface area (Å²) in [4.78, 5) is 11.6. The van der Waals surface area contributed by atoms with Crippen molar-refractivity contribution in [1.29, 1.82) is 5.26 Å². The van der Waals surface area contributed by atoms with Gasteiger partial charge in [-0.3, -0.25) is 4.79 Å². The monoisotopic (exact) mass is 307 g/mol. The van der Waals surface area contributed by atoms with Crippen LogP contribution in [0.1, 0.15) is 23.6 Å². The van der Waals surface area contributed by atoms with E-state index in [4.69, 9.17) is 10.00 Å². The fraction of sp³-hybridized carbons (Fsp3) is 0.167. The fourth-order valence-electron chi connectivity index (χ4n) is 1.83. The molecule has 5 nitrogen and oxygen atoms in total. The van der Waals surface area contributed by atoms with Crippen LogP contribution in [0.5, 0.6) is 5.75 Å². The Labute approximate surface area is 135 Å². The van der Waals surface area contributed by atoms with Crippen molar-refractivity contribution in [1.82, 2.24) is 5.43 Å². The molecule has 0 aliphatic carbocycles. The molecule has 1 N–H and O–H groups in total. The largest absolute Gasteiger partial charge is 0.484 e. The molecular weight excluding hydrogens is 290 g/mol. The number of nitrogens with zero attached hydrogens (tertiary/aromatic N) is 2. The number of rotatable bonds is 6. The van der Waals surface area contributed by atoms with Crippen LogP contribution >= 0.6 is 0 Å². The summed E-state index contributed by atoms with van der Waals surface area (Å²) in [5.74, 6) is 0.175. The second kappa shape index (κ2) is 8.35. The van der Waals surface area contributed by atoms with Crippen molar-refractivity contribution in [3.8, 4) is 11.8 Å². The van der Waals surface area contributed by atoms with Gasteiger partial charge in [0.25, 0.3) is 5.91 Å². The Balaban J connectivity index is 1.77. The lowest BCUT2D eigenvalue weighted by molar-refractivity contribution is -0.123. The van der Waals surface area contributed by atoms with E-state index < -0.39 is 0 Å². The second-order valence-corrected chi connectivity index (χ2v) is 4.81. The third-order valence-electron chi connectivity index (χ3n) is 3.14. The summed E-state index contributed by atoms with van der Waals surface area (Å²) < 4.78 is 5.30. The summed E-state index contributed by atoms with van der Waals surface area (Å²) in [6.45, 7) is 1.95. The maximum Gasteiger partial charge on any atom is 0.277 e. The first-order valence-corrected chi connectivity index (χ1v) is 7.25. The summed E-state index contributed by atoms with van der Waals surface area (Å²) in [5, 5.41) is 12.6. The fourth-order valence-corrected chi connectivity index (χ4v) is 1.83. The zero-order chi connectivity index (χ0) is 16.5. The third kappa shape index (κ3) is 5.29. The average Bonchev–Trinajstić information content (AvgIpc) is 2.61. The number of carbonyl (C=O) groups excluding carboxylic acids is 1. The summed E-state index contributed by atoms with van der Waals surface area (Å²) in [6.07, 6.45) is 2.57. The molecule has 0 radical (unpaired) electrons. The van der Waals surface area contributed by atoms with Crippen LogP contribution < -0.4 is 10.2 Å². The lowest BCUT2D eigenvalue weighted by Crippen LogP contribution is -2.24. The molecule has 0 aromatic heterocycles. The average molecular weight is 307 g/mol. The van der Waals surface area contributed by atoms with Gasteiger partial charge in [-0.2, -0.15) is 10.4 Å². The number of carbonyl (C=O) groups is 1. The van der Waals surface area contributed by atoms with E-state index in [1.807, 2.05) is 30.3 Å². The van der Waals surface area contributed by atoms with E-state index >= 15 is 0 Å². The van der Waals surface area contributed by atoms with Crippen LogP contribution in [-0.2, 0) is 11.2 Å². The molecular formula is C18H17N3O2. The number of hydrazone groups is 1. The van der Waals surface area contributed by atoms with Gasteiger partial charge >= 0.3 is 0 Å². The van der Waals surface area contributed by atoms with Crippen molar-refractivity contribution in [2.45, 2.75) is 13.3 Å². The number of hydrogen-bond acceptors (Lipinski definition) is 4. The van der Waals surface area contributed by atoms with Crippen LogP contribution in [0.2, 0.25) is 0 Å². The Hall–Kier alpha value is -3.13. The Morgan fingerprint density at radius 1 is 1.22 bits per heavy atom. The standard InChI is InChI=1S/C18H17N3O2/c1-2-14-3-5-16(6-4-14)12-20-21-18(22)13-23-17-9-7-15(11-19)8-10-17/h3-10,12H,2,13H2,1H3,(H,21,22)/b20-12-. The summed E-state index contributed by atoms with van der Waals surface area (Å²) in [7, 11) is 0. The normalized spacial score (nSPS) is 10.3. The van der Waals surface area contributed by atoms with E-state index in [0.717, 1.165) is 12.0 Å². The van der Waals surface area contributed by atoms with Crippen LogP contribution in [0.15, 0.2) is 53.6 Å². The lowest BCUT2D eigenvalue weighted by Gasteiger charge is -2.04. The molecule has 0 aliphatic heterocycles. The van der Waals surface area contributed by atoms with Crippen LogP contribution in [0.25, 0.3) is 0 Å². The molecule has 0 bridgehead atoms. The van der Waals surface area contributed by atoms with Gasteiger partial charge in [0.05, 0.1) is 17.8 Å². The van der Waals surface area contributed by atoms with Gasteiger partial charge in [-0.15, -0.1) is 0 Å². The minimum absolute atomic E-state index is 0.141. The molecule has 2 aromatic carbocycles. The second-order valence-electron chi connectivity index (χ2n) is 4.81.